The van der Waals surface area contributed by atoms with E-state index in [9.17, 15) is 0 Å². The Balaban J connectivity index is 1.59. The second kappa shape index (κ2) is 5.66. The fraction of sp³-hybridized carbons (Fsp3) is 0.400. The molecule has 114 valence electrons. The Morgan fingerprint density at radius 3 is 3.18 bits per heavy atom. The first kappa shape index (κ1) is 13.7. The van der Waals surface area contributed by atoms with E-state index in [2.05, 4.69) is 42.8 Å². The Hall–Kier alpha value is -1.99. The van der Waals surface area contributed by atoms with Crippen LogP contribution in [0.5, 0.6) is 0 Å². The maximum absolute atomic E-state index is 4.30. The molecule has 0 aromatic carbocycles. The summed E-state index contributed by atoms with van der Waals surface area (Å²) in [6.45, 7) is 1.98. The van der Waals surface area contributed by atoms with Crippen molar-refractivity contribution in [3.63, 3.8) is 0 Å². The number of likely N-dealkylation sites (tertiary alicyclic amines) is 1. The summed E-state index contributed by atoms with van der Waals surface area (Å²) >= 11 is 1.74. The zero-order chi connectivity index (χ0) is 14.9. The van der Waals surface area contributed by atoms with Gasteiger partial charge in [-0.15, -0.1) is 21.5 Å². The molecule has 22 heavy (non-hydrogen) atoms. The lowest BCUT2D eigenvalue weighted by molar-refractivity contribution is 0.236. The summed E-state index contributed by atoms with van der Waals surface area (Å²) in [5.74, 6) is 1.05. The standard InChI is InChI=1S/C15H18N6S/c1-20-10-17-19-15(20)12-4-2-6-21(12)9-11-8-16-18-14(11)13-5-3-7-22-13/h3,5,7-8,10,12H,2,4,6,9H2,1H3,(H,16,18)/t12-/m0/s1. The summed E-state index contributed by atoms with van der Waals surface area (Å²) in [6, 6.07) is 4.55. The van der Waals surface area contributed by atoms with Gasteiger partial charge < -0.3 is 4.57 Å². The average Bonchev–Trinajstić information content (AvgIpc) is 3.24. The number of thiophene rings is 1. The molecule has 0 amide bonds. The number of hydrogen-bond acceptors (Lipinski definition) is 5. The normalized spacial score (nSPS) is 19.0. The van der Waals surface area contributed by atoms with Crippen molar-refractivity contribution in [1.82, 2.24) is 29.9 Å². The highest BCUT2D eigenvalue weighted by molar-refractivity contribution is 7.13. The van der Waals surface area contributed by atoms with Crippen LogP contribution in [0, 0.1) is 0 Å². The van der Waals surface area contributed by atoms with Crippen LogP contribution in [0.2, 0.25) is 0 Å². The third kappa shape index (κ3) is 2.36. The number of aromatic amines is 1. The van der Waals surface area contributed by atoms with E-state index in [1.807, 2.05) is 17.8 Å². The molecule has 0 spiro atoms. The zero-order valence-electron chi connectivity index (χ0n) is 12.4. The molecule has 0 bridgehead atoms. The monoisotopic (exact) mass is 314 g/mol. The van der Waals surface area contributed by atoms with Gasteiger partial charge in [-0.2, -0.15) is 5.10 Å². The minimum absolute atomic E-state index is 0.346. The lowest BCUT2D eigenvalue weighted by atomic mass is 10.1. The SMILES string of the molecule is Cn1cnnc1[C@@H]1CCCN1Cc1cn[nH]c1-c1cccs1. The molecule has 0 saturated carbocycles. The van der Waals surface area contributed by atoms with Gasteiger partial charge in [0.2, 0.25) is 0 Å². The fourth-order valence-corrected chi connectivity index (χ4v) is 3.94. The van der Waals surface area contributed by atoms with E-state index >= 15 is 0 Å². The number of nitrogens with one attached hydrogen (secondary N) is 1. The van der Waals surface area contributed by atoms with Gasteiger partial charge in [0.15, 0.2) is 0 Å². The molecule has 4 heterocycles. The van der Waals surface area contributed by atoms with Crippen molar-refractivity contribution < 1.29 is 0 Å². The lowest BCUT2D eigenvalue weighted by Gasteiger charge is -2.23. The molecule has 7 heteroatoms. The van der Waals surface area contributed by atoms with Crippen molar-refractivity contribution in [2.45, 2.75) is 25.4 Å². The summed E-state index contributed by atoms with van der Waals surface area (Å²) in [7, 11) is 2.01. The Morgan fingerprint density at radius 2 is 2.41 bits per heavy atom. The second-order valence-corrected chi connectivity index (χ2v) is 6.62. The average molecular weight is 314 g/mol. The summed E-state index contributed by atoms with van der Waals surface area (Å²) in [4.78, 5) is 3.72. The second-order valence-electron chi connectivity index (χ2n) is 5.68. The van der Waals surface area contributed by atoms with E-state index in [4.69, 9.17) is 0 Å². The molecule has 3 aromatic rings. The minimum atomic E-state index is 0.346. The van der Waals surface area contributed by atoms with Crippen LogP contribution >= 0.6 is 11.3 Å². The first-order valence-corrected chi connectivity index (χ1v) is 8.35. The van der Waals surface area contributed by atoms with Gasteiger partial charge in [-0.25, -0.2) is 0 Å². The highest BCUT2D eigenvalue weighted by atomic mass is 32.1. The molecule has 0 aliphatic carbocycles. The molecular formula is C15H18N6S. The van der Waals surface area contributed by atoms with E-state index in [0.717, 1.165) is 31.0 Å². The van der Waals surface area contributed by atoms with Crippen molar-refractivity contribution in [3.8, 4) is 10.6 Å². The van der Waals surface area contributed by atoms with E-state index in [-0.39, 0.29) is 0 Å². The third-order valence-electron chi connectivity index (χ3n) is 4.27. The molecule has 1 N–H and O–H groups in total. The Labute approximate surface area is 132 Å². The van der Waals surface area contributed by atoms with Gasteiger partial charge >= 0.3 is 0 Å². The van der Waals surface area contributed by atoms with Gasteiger partial charge in [-0.3, -0.25) is 10.00 Å². The van der Waals surface area contributed by atoms with Crippen LogP contribution < -0.4 is 0 Å². The van der Waals surface area contributed by atoms with Crippen LogP contribution in [-0.2, 0) is 13.6 Å². The van der Waals surface area contributed by atoms with Crippen LogP contribution in [-0.4, -0.2) is 36.4 Å². The van der Waals surface area contributed by atoms with Gasteiger partial charge in [-0.05, 0) is 30.8 Å². The van der Waals surface area contributed by atoms with Crippen LogP contribution in [0.1, 0.15) is 30.3 Å². The van der Waals surface area contributed by atoms with Crippen molar-refractivity contribution in [2.24, 2.45) is 7.05 Å². The largest absolute Gasteiger partial charge is 0.319 e. The Kier molecular flexibility index (Phi) is 3.51. The predicted octanol–water partition coefficient (Wildman–Crippen LogP) is 2.60. The van der Waals surface area contributed by atoms with Crippen molar-refractivity contribution in [1.29, 1.82) is 0 Å². The summed E-state index contributed by atoms with van der Waals surface area (Å²) in [5.41, 5.74) is 2.38. The predicted molar refractivity (Wildman–Crippen MR) is 85.3 cm³/mol. The van der Waals surface area contributed by atoms with Crippen molar-refractivity contribution in [2.75, 3.05) is 6.54 Å². The molecule has 0 radical (unpaired) electrons. The van der Waals surface area contributed by atoms with Crippen molar-refractivity contribution >= 4 is 11.3 Å². The molecule has 3 aromatic heterocycles. The van der Waals surface area contributed by atoms with Gasteiger partial charge in [0.05, 0.1) is 22.8 Å². The molecule has 0 unspecified atom stereocenters. The number of H-pyrrole nitrogens is 1. The van der Waals surface area contributed by atoms with E-state index in [0.29, 0.717) is 6.04 Å². The number of aromatic nitrogens is 5. The molecule has 4 rings (SSSR count). The lowest BCUT2D eigenvalue weighted by Crippen LogP contribution is -2.24. The number of aryl methyl sites for hydroxylation is 1. The molecular weight excluding hydrogens is 296 g/mol. The van der Waals surface area contributed by atoms with Crippen LogP contribution in [0.3, 0.4) is 0 Å². The highest BCUT2D eigenvalue weighted by Crippen LogP contribution is 2.34. The van der Waals surface area contributed by atoms with E-state index in [1.54, 1.807) is 17.7 Å². The van der Waals surface area contributed by atoms with E-state index in [1.165, 1.54) is 16.9 Å². The van der Waals surface area contributed by atoms with Crippen molar-refractivity contribution in [3.05, 3.63) is 41.4 Å². The van der Waals surface area contributed by atoms with Gasteiger partial charge in [0, 0.05) is 19.2 Å². The molecule has 1 aliphatic rings. The van der Waals surface area contributed by atoms with Gasteiger partial charge in [-0.1, -0.05) is 6.07 Å². The van der Waals surface area contributed by atoms with Gasteiger partial charge in [0.1, 0.15) is 12.2 Å². The highest BCUT2D eigenvalue weighted by Gasteiger charge is 2.30. The number of hydrogen-bond donors (Lipinski definition) is 1. The first-order valence-electron chi connectivity index (χ1n) is 7.47. The van der Waals surface area contributed by atoms with E-state index < -0.39 is 0 Å². The first-order chi connectivity index (χ1) is 10.8. The number of rotatable bonds is 4. The molecule has 1 fully saturated rings. The summed E-state index contributed by atoms with van der Waals surface area (Å²) in [6.07, 6.45) is 6.06. The maximum atomic E-state index is 4.30. The third-order valence-corrected chi connectivity index (χ3v) is 5.15. The summed E-state index contributed by atoms with van der Waals surface area (Å²) in [5, 5.41) is 17.8. The van der Waals surface area contributed by atoms with Crippen LogP contribution in [0.25, 0.3) is 10.6 Å². The number of nitrogens with zero attached hydrogens (tertiary/aromatic N) is 5. The molecule has 1 atom stereocenters. The topological polar surface area (TPSA) is 62.6 Å². The summed E-state index contributed by atoms with van der Waals surface area (Å²) < 4.78 is 2.03. The Bertz CT molecular complexity index is 744. The Morgan fingerprint density at radius 1 is 1.45 bits per heavy atom. The zero-order valence-corrected chi connectivity index (χ0v) is 13.3. The molecule has 1 saturated heterocycles. The smallest absolute Gasteiger partial charge is 0.149 e. The molecule has 6 nitrogen and oxygen atoms in total. The maximum Gasteiger partial charge on any atom is 0.149 e. The fourth-order valence-electron chi connectivity index (χ4n) is 3.19. The molecule has 1 aliphatic heterocycles. The van der Waals surface area contributed by atoms with Crippen LogP contribution in [0.15, 0.2) is 30.0 Å². The minimum Gasteiger partial charge on any atom is -0.319 e. The van der Waals surface area contributed by atoms with Crippen LogP contribution in [0.4, 0.5) is 0 Å². The van der Waals surface area contributed by atoms with Gasteiger partial charge in [0.25, 0.3) is 0 Å². The quantitative estimate of drug-likeness (QED) is 0.804.